The van der Waals surface area contributed by atoms with E-state index in [0.717, 1.165) is 12.8 Å². The molecule has 1 N–H and O–H groups in total. The van der Waals surface area contributed by atoms with Gasteiger partial charge in [-0.05, 0) is 37.1 Å². The van der Waals surface area contributed by atoms with Crippen molar-refractivity contribution in [1.29, 1.82) is 0 Å². The van der Waals surface area contributed by atoms with E-state index in [-0.39, 0.29) is 29.1 Å². The molecule has 7 heteroatoms. The fourth-order valence-corrected chi connectivity index (χ4v) is 4.48. The Bertz CT molecular complexity index is 757. The van der Waals surface area contributed by atoms with Crippen LogP contribution < -0.4 is 5.32 Å². The molecule has 23 heavy (non-hydrogen) atoms. The van der Waals surface area contributed by atoms with Crippen molar-refractivity contribution >= 4 is 15.9 Å². The van der Waals surface area contributed by atoms with Crippen molar-refractivity contribution in [3.05, 3.63) is 54.5 Å². The zero-order valence-electron chi connectivity index (χ0n) is 12.5. The summed E-state index contributed by atoms with van der Waals surface area (Å²) in [6.07, 6.45) is 2.94. The highest BCUT2D eigenvalue weighted by Gasteiger charge is 2.35. The number of furan rings is 1. The lowest BCUT2D eigenvalue weighted by Gasteiger charge is -2.24. The third-order valence-electron chi connectivity index (χ3n) is 3.92. The van der Waals surface area contributed by atoms with Crippen LogP contribution in [0.3, 0.4) is 0 Å². The van der Waals surface area contributed by atoms with E-state index in [1.807, 2.05) is 0 Å². The lowest BCUT2D eigenvalue weighted by molar-refractivity contribution is 0.0919. The number of nitrogens with zero attached hydrogens (tertiary/aromatic N) is 1. The van der Waals surface area contributed by atoms with Crippen LogP contribution in [0.4, 0.5) is 0 Å². The number of hydrogen-bond donors (Lipinski definition) is 1. The van der Waals surface area contributed by atoms with Crippen LogP contribution in [0.25, 0.3) is 0 Å². The Hall–Kier alpha value is -2.12. The van der Waals surface area contributed by atoms with Gasteiger partial charge in [0.2, 0.25) is 10.0 Å². The second-order valence-electron chi connectivity index (χ2n) is 5.41. The minimum absolute atomic E-state index is 0.223. The smallest absolute Gasteiger partial charge is 0.287 e. The predicted molar refractivity (Wildman–Crippen MR) is 84.4 cm³/mol. The van der Waals surface area contributed by atoms with Gasteiger partial charge in [-0.15, -0.1) is 0 Å². The second-order valence-corrected chi connectivity index (χ2v) is 7.30. The molecule has 6 nitrogen and oxygen atoms in total. The van der Waals surface area contributed by atoms with E-state index in [1.165, 1.54) is 10.6 Å². The lowest BCUT2D eigenvalue weighted by Crippen LogP contribution is -2.43. The number of rotatable bonds is 5. The Labute approximate surface area is 135 Å². The van der Waals surface area contributed by atoms with Crippen LogP contribution in [0.15, 0.2) is 58.0 Å². The van der Waals surface area contributed by atoms with Crippen LogP contribution in [0.2, 0.25) is 0 Å². The van der Waals surface area contributed by atoms with Crippen LogP contribution in [0, 0.1) is 0 Å². The van der Waals surface area contributed by atoms with Crippen molar-refractivity contribution in [1.82, 2.24) is 9.62 Å². The monoisotopic (exact) mass is 334 g/mol. The van der Waals surface area contributed by atoms with Gasteiger partial charge in [-0.1, -0.05) is 18.2 Å². The maximum Gasteiger partial charge on any atom is 0.287 e. The molecule has 0 saturated carbocycles. The average molecular weight is 334 g/mol. The van der Waals surface area contributed by atoms with Crippen molar-refractivity contribution in [2.45, 2.75) is 23.8 Å². The first-order valence-electron chi connectivity index (χ1n) is 7.47. The number of benzene rings is 1. The number of sulfonamides is 1. The van der Waals surface area contributed by atoms with Crippen LogP contribution >= 0.6 is 0 Å². The first-order chi connectivity index (χ1) is 11.1. The van der Waals surface area contributed by atoms with E-state index >= 15 is 0 Å². The van der Waals surface area contributed by atoms with Gasteiger partial charge in [-0.2, -0.15) is 4.31 Å². The van der Waals surface area contributed by atoms with Crippen molar-refractivity contribution in [2.24, 2.45) is 0 Å². The third kappa shape index (κ3) is 3.30. The normalized spacial score (nSPS) is 18.9. The Balaban J connectivity index is 1.69. The number of carbonyl (C=O) groups excluding carboxylic acids is 1. The molecule has 1 saturated heterocycles. The number of hydrogen-bond acceptors (Lipinski definition) is 4. The SMILES string of the molecule is O=C(NC[C@@H]1CCCN1S(=O)(=O)c1ccccc1)c1ccco1. The number of nitrogens with one attached hydrogen (secondary N) is 1. The zero-order chi connectivity index (χ0) is 16.3. The van der Waals surface area contributed by atoms with Gasteiger partial charge >= 0.3 is 0 Å². The van der Waals surface area contributed by atoms with E-state index < -0.39 is 10.0 Å². The van der Waals surface area contributed by atoms with Crippen LogP contribution in [0.1, 0.15) is 23.4 Å². The molecular weight excluding hydrogens is 316 g/mol. The molecule has 1 aromatic carbocycles. The maximum absolute atomic E-state index is 12.7. The molecular formula is C16H18N2O4S. The summed E-state index contributed by atoms with van der Waals surface area (Å²) in [6, 6.07) is 11.3. The maximum atomic E-state index is 12.7. The molecule has 0 spiro atoms. The van der Waals surface area contributed by atoms with Gasteiger partial charge in [0.1, 0.15) is 0 Å². The molecule has 0 aliphatic carbocycles. The van der Waals surface area contributed by atoms with Crippen molar-refractivity contribution in [2.75, 3.05) is 13.1 Å². The predicted octanol–water partition coefficient (Wildman–Crippen LogP) is 1.86. The third-order valence-corrected chi connectivity index (χ3v) is 5.88. The minimum Gasteiger partial charge on any atom is -0.459 e. The largest absolute Gasteiger partial charge is 0.459 e. The van der Waals surface area contributed by atoms with Crippen molar-refractivity contribution < 1.29 is 17.6 Å². The van der Waals surface area contributed by atoms with E-state index in [1.54, 1.807) is 42.5 Å². The number of amides is 1. The van der Waals surface area contributed by atoms with E-state index in [2.05, 4.69) is 5.32 Å². The molecule has 1 amide bonds. The Morgan fingerprint density at radius 1 is 1.22 bits per heavy atom. The molecule has 122 valence electrons. The summed E-state index contributed by atoms with van der Waals surface area (Å²) < 4.78 is 31.9. The molecule has 2 aromatic rings. The van der Waals surface area contributed by atoms with E-state index in [0.29, 0.717) is 6.54 Å². The summed E-state index contributed by atoms with van der Waals surface area (Å²) >= 11 is 0. The van der Waals surface area contributed by atoms with Gasteiger partial charge in [-0.3, -0.25) is 4.79 Å². The summed E-state index contributed by atoms with van der Waals surface area (Å²) in [4.78, 5) is 12.2. The van der Waals surface area contributed by atoms with Crippen molar-refractivity contribution in [3.8, 4) is 0 Å². The van der Waals surface area contributed by atoms with E-state index in [9.17, 15) is 13.2 Å². The van der Waals surface area contributed by atoms with Gasteiger partial charge in [0.05, 0.1) is 11.2 Å². The Kier molecular flexibility index (Phi) is 4.49. The van der Waals surface area contributed by atoms with Crippen LogP contribution in [0.5, 0.6) is 0 Å². The molecule has 1 aliphatic heterocycles. The Morgan fingerprint density at radius 2 is 2.00 bits per heavy atom. The van der Waals surface area contributed by atoms with Gasteiger partial charge < -0.3 is 9.73 Å². The van der Waals surface area contributed by atoms with Gasteiger partial charge in [0.25, 0.3) is 5.91 Å². The number of carbonyl (C=O) groups is 1. The van der Waals surface area contributed by atoms with Gasteiger partial charge in [0.15, 0.2) is 5.76 Å². The van der Waals surface area contributed by atoms with Gasteiger partial charge in [0, 0.05) is 19.1 Å². The van der Waals surface area contributed by atoms with Crippen LogP contribution in [-0.2, 0) is 10.0 Å². The fourth-order valence-electron chi connectivity index (χ4n) is 2.76. The fraction of sp³-hybridized carbons (Fsp3) is 0.312. The molecule has 1 fully saturated rings. The highest BCUT2D eigenvalue weighted by atomic mass is 32.2. The first-order valence-corrected chi connectivity index (χ1v) is 8.91. The minimum atomic E-state index is -3.53. The highest BCUT2D eigenvalue weighted by molar-refractivity contribution is 7.89. The lowest BCUT2D eigenvalue weighted by atomic mass is 10.2. The second kappa shape index (κ2) is 6.55. The highest BCUT2D eigenvalue weighted by Crippen LogP contribution is 2.25. The molecule has 1 aliphatic rings. The molecule has 1 atom stereocenters. The average Bonchev–Trinajstić information content (AvgIpc) is 3.25. The van der Waals surface area contributed by atoms with E-state index in [4.69, 9.17) is 4.42 Å². The summed E-state index contributed by atoms with van der Waals surface area (Å²) in [7, 11) is -3.53. The van der Waals surface area contributed by atoms with Crippen LogP contribution in [-0.4, -0.2) is 37.8 Å². The summed E-state index contributed by atoms with van der Waals surface area (Å²) in [5, 5.41) is 2.74. The Morgan fingerprint density at radius 3 is 2.70 bits per heavy atom. The summed E-state index contributed by atoms with van der Waals surface area (Å²) in [6.45, 7) is 0.740. The quantitative estimate of drug-likeness (QED) is 0.905. The topological polar surface area (TPSA) is 79.6 Å². The molecule has 0 bridgehead atoms. The summed E-state index contributed by atoms with van der Waals surface area (Å²) in [5.74, 6) is -0.112. The molecule has 0 radical (unpaired) electrons. The summed E-state index contributed by atoms with van der Waals surface area (Å²) in [5.41, 5.74) is 0. The molecule has 2 heterocycles. The zero-order valence-corrected chi connectivity index (χ0v) is 13.3. The molecule has 1 aromatic heterocycles. The standard InChI is InChI=1S/C16H18N2O4S/c19-16(15-9-5-11-22-15)17-12-13-6-4-10-18(13)23(20,21)14-7-2-1-3-8-14/h1-3,5,7-9,11,13H,4,6,10,12H2,(H,17,19)/t13-/m0/s1. The van der Waals surface area contributed by atoms with Gasteiger partial charge in [-0.25, -0.2) is 8.42 Å². The van der Waals surface area contributed by atoms with Crippen molar-refractivity contribution in [3.63, 3.8) is 0 Å². The first kappa shape index (κ1) is 15.8. The molecule has 3 rings (SSSR count). The molecule has 0 unspecified atom stereocenters.